The van der Waals surface area contributed by atoms with E-state index in [1.807, 2.05) is 6.07 Å². The minimum Gasteiger partial charge on any atom is -0.454 e. The molecule has 0 atom stereocenters. The molecule has 2 heterocycles. The number of benzene rings is 3. The van der Waals surface area contributed by atoms with Crippen molar-refractivity contribution in [1.29, 1.82) is 5.26 Å². The van der Waals surface area contributed by atoms with E-state index in [2.05, 4.69) is 6.07 Å². The summed E-state index contributed by atoms with van der Waals surface area (Å²) in [6.07, 6.45) is 1.75. The van der Waals surface area contributed by atoms with Crippen LogP contribution in [0.1, 0.15) is 32.6 Å². The van der Waals surface area contributed by atoms with E-state index in [0.29, 0.717) is 33.8 Å². The number of ether oxygens (including phenoxy) is 2. The Labute approximate surface area is 178 Å². The number of carbonyl (C=O) groups is 2. The van der Waals surface area contributed by atoms with Gasteiger partial charge in [-0.25, -0.2) is 0 Å². The van der Waals surface area contributed by atoms with Crippen molar-refractivity contribution in [3.8, 4) is 17.6 Å². The molecule has 2 amide bonds. The standard InChI is InChI=1S/C25H16N2O4/c26-13-17-7-5-16(6-8-17)11-21-19-3-1-2-4-20(19)24(28)27(25(21)29)14-18-9-10-22-23(12-18)31-15-30-22/h1-12H,14-15H2. The fourth-order valence-corrected chi connectivity index (χ4v) is 3.73. The van der Waals surface area contributed by atoms with E-state index in [0.717, 1.165) is 11.1 Å². The molecule has 6 heteroatoms. The van der Waals surface area contributed by atoms with Crippen LogP contribution in [0.5, 0.6) is 11.5 Å². The van der Waals surface area contributed by atoms with Gasteiger partial charge < -0.3 is 9.47 Å². The minimum absolute atomic E-state index is 0.118. The second kappa shape index (κ2) is 7.47. The summed E-state index contributed by atoms with van der Waals surface area (Å²) in [5, 5.41) is 9.00. The summed E-state index contributed by atoms with van der Waals surface area (Å²) in [6.45, 7) is 0.276. The van der Waals surface area contributed by atoms with E-state index in [4.69, 9.17) is 14.7 Å². The minimum atomic E-state index is -0.370. The molecular weight excluding hydrogens is 392 g/mol. The zero-order chi connectivity index (χ0) is 21.4. The highest BCUT2D eigenvalue weighted by Crippen LogP contribution is 2.35. The first kappa shape index (κ1) is 18.6. The fraction of sp³-hybridized carbons (Fsp3) is 0.0800. The second-order valence-electron chi connectivity index (χ2n) is 7.22. The third-order valence-corrected chi connectivity index (χ3v) is 5.30. The van der Waals surface area contributed by atoms with Crippen LogP contribution in [0.3, 0.4) is 0 Å². The van der Waals surface area contributed by atoms with Crippen LogP contribution < -0.4 is 9.47 Å². The van der Waals surface area contributed by atoms with E-state index in [-0.39, 0.29) is 25.2 Å². The monoisotopic (exact) mass is 408 g/mol. The molecule has 0 N–H and O–H groups in total. The highest BCUT2D eigenvalue weighted by molar-refractivity contribution is 6.33. The van der Waals surface area contributed by atoms with E-state index < -0.39 is 0 Å². The first-order chi connectivity index (χ1) is 15.1. The average Bonchev–Trinajstić information content (AvgIpc) is 3.28. The van der Waals surface area contributed by atoms with Gasteiger partial charge in [-0.15, -0.1) is 0 Å². The molecule has 0 saturated carbocycles. The number of amides is 2. The summed E-state index contributed by atoms with van der Waals surface area (Å²) in [5.41, 5.74) is 3.59. The molecule has 6 nitrogen and oxygen atoms in total. The van der Waals surface area contributed by atoms with E-state index >= 15 is 0 Å². The first-order valence-corrected chi connectivity index (χ1v) is 9.70. The summed E-state index contributed by atoms with van der Waals surface area (Å²) in [5.74, 6) is 0.538. The maximum absolute atomic E-state index is 13.4. The molecule has 0 bridgehead atoms. The number of hydrogen-bond acceptors (Lipinski definition) is 5. The molecule has 0 unspecified atom stereocenters. The molecule has 0 fully saturated rings. The highest BCUT2D eigenvalue weighted by Gasteiger charge is 2.34. The van der Waals surface area contributed by atoms with Gasteiger partial charge in [0.05, 0.1) is 18.2 Å². The van der Waals surface area contributed by atoms with E-state index in [1.165, 1.54) is 4.90 Å². The number of carbonyl (C=O) groups excluding carboxylic acids is 2. The van der Waals surface area contributed by atoms with Gasteiger partial charge >= 0.3 is 0 Å². The number of nitrogens with zero attached hydrogens (tertiary/aromatic N) is 2. The Morgan fingerprint density at radius 1 is 0.903 bits per heavy atom. The van der Waals surface area contributed by atoms with E-state index in [9.17, 15) is 9.59 Å². The molecule has 2 aliphatic heterocycles. The molecule has 0 saturated heterocycles. The summed E-state index contributed by atoms with van der Waals surface area (Å²) in [6, 6.07) is 21.5. The third-order valence-electron chi connectivity index (χ3n) is 5.30. The SMILES string of the molecule is N#Cc1ccc(C=C2C(=O)N(Cc3ccc4c(c3)OCO4)C(=O)c3ccccc32)cc1. The van der Waals surface area contributed by atoms with Crippen LogP contribution >= 0.6 is 0 Å². The van der Waals surface area contributed by atoms with Gasteiger partial charge in [-0.1, -0.05) is 36.4 Å². The van der Waals surface area contributed by atoms with Crippen molar-refractivity contribution in [2.45, 2.75) is 6.54 Å². The van der Waals surface area contributed by atoms with Crippen molar-refractivity contribution in [3.05, 3.63) is 94.5 Å². The lowest BCUT2D eigenvalue weighted by molar-refractivity contribution is -0.123. The summed E-state index contributed by atoms with van der Waals surface area (Å²) < 4.78 is 10.7. The predicted octanol–water partition coefficient (Wildman–Crippen LogP) is 4.01. The van der Waals surface area contributed by atoms with Crippen LogP contribution in [0.2, 0.25) is 0 Å². The lowest BCUT2D eigenvalue weighted by Crippen LogP contribution is -2.41. The molecule has 0 aromatic heterocycles. The van der Waals surface area contributed by atoms with Crippen molar-refractivity contribution >= 4 is 23.5 Å². The molecule has 3 aromatic rings. The van der Waals surface area contributed by atoms with Gasteiger partial charge in [-0.2, -0.15) is 5.26 Å². The molecule has 3 aromatic carbocycles. The predicted molar refractivity (Wildman–Crippen MR) is 113 cm³/mol. The van der Waals surface area contributed by atoms with Gasteiger partial charge in [0.2, 0.25) is 6.79 Å². The zero-order valence-corrected chi connectivity index (χ0v) is 16.4. The van der Waals surface area contributed by atoms with Crippen LogP contribution in [0.25, 0.3) is 11.6 Å². The normalized spacial score (nSPS) is 15.7. The van der Waals surface area contributed by atoms with Gasteiger partial charge in [0.25, 0.3) is 11.8 Å². The van der Waals surface area contributed by atoms with Crippen molar-refractivity contribution in [3.63, 3.8) is 0 Å². The topological polar surface area (TPSA) is 79.6 Å². The van der Waals surface area contributed by atoms with Crippen LogP contribution in [-0.2, 0) is 11.3 Å². The lowest BCUT2D eigenvalue weighted by atomic mass is 9.91. The Bertz CT molecular complexity index is 1290. The maximum atomic E-state index is 13.4. The fourth-order valence-electron chi connectivity index (χ4n) is 3.73. The van der Waals surface area contributed by atoms with Crippen LogP contribution in [0, 0.1) is 11.3 Å². The zero-order valence-electron chi connectivity index (χ0n) is 16.4. The van der Waals surface area contributed by atoms with Crippen molar-refractivity contribution in [2.75, 3.05) is 6.79 Å². The van der Waals surface area contributed by atoms with Crippen molar-refractivity contribution in [1.82, 2.24) is 4.90 Å². The summed E-state index contributed by atoms with van der Waals surface area (Å²) in [7, 11) is 0. The van der Waals surface area contributed by atoms with Crippen molar-refractivity contribution < 1.29 is 19.1 Å². The summed E-state index contributed by atoms with van der Waals surface area (Å²) >= 11 is 0. The summed E-state index contributed by atoms with van der Waals surface area (Å²) in [4.78, 5) is 27.8. The number of fused-ring (bicyclic) bond motifs is 2. The maximum Gasteiger partial charge on any atom is 0.261 e. The molecule has 5 rings (SSSR count). The number of hydrogen-bond donors (Lipinski definition) is 0. The molecule has 2 aliphatic rings. The van der Waals surface area contributed by atoms with Gasteiger partial charge in [0.1, 0.15) is 0 Å². The Morgan fingerprint density at radius 2 is 1.65 bits per heavy atom. The van der Waals surface area contributed by atoms with Crippen LogP contribution in [-0.4, -0.2) is 23.5 Å². The lowest BCUT2D eigenvalue weighted by Gasteiger charge is -2.28. The Morgan fingerprint density at radius 3 is 2.42 bits per heavy atom. The molecule has 0 spiro atoms. The van der Waals surface area contributed by atoms with Gasteiger partial charge in [0, 0.05) is 11.1 Å². The van der Waals surface area contributed by atoms with Crippen molar-refractivity contribution in [2.24, 2.45) is 0 Å². The van der Waals surface area contributed by atoms with Gasteiger partial charge in [0.15, 0.2) is 11.5 Å². The van der Waals surface area contributed by atoms with Crippen LogP contribution in [0.15, 0.2) is 66.7 Å². The number of rotatable bonds is 3. The number of nitriles is 1. The largest absolute Gasteiger partial charge is 0.454 e. The van der Waals surface area contributed by atoms with Gasteiger partial charge in [-0.3, -0.25) is 14.5 Å². The molecule has 31 heavy (non-hydrogen) atoms. The third kappa shape index (κ3) is 3.32. The quantitative estimate of drug-likeness (QED) is 0.483. The van der Waals surface area contributed by atoms with Crippen LogP contribution in [0.4, 0.5) is 0 Å². The Hall–Kier alpha value is -4.37. The highest BCUT2D eigenvalue weighted by atomic mass is 16.7. The second-order valence-corrected chi connectivity index (χ2v) is 7.22. The number of imide groups is 1. The first-order valence-electron chi connectivity index (χ1n) is 9.70. The average molecular weight is 408 g/mol. The Kier molecular flexibility index (Phi) is 4.49. The molecule has 0 radical (unpaired) electrons. The Balaban J connectivity index is 1.54. The smallest absolute Gasteiger partial charge is 0.261 e. The van der Waals surface area contributed by atoms with E-state index in [1.54, 1.807) is 66.7 Å². The molecular formula is C25H16N2O4. The molecule has 150 valence electrons. The molecule has 0 aliphatic carbocycles. The van der Waals surface area contributed by atoms with Gasteiger partial charge in [-0.05, 0) is 53.1 Å².